The summed E-state index contributed by atoms with van der Waals surface area (Å²) in [6.07, 6.45) is 0. The summed E-state index contributed by atoms with van der Waals surface area (Å²) in [5.74, 6) is 0.553. The van der Waals surface area contributed by atoms with Crippen molar-refractivity contribution in [2.24, 2.45) is 10.7 Å². The van der Waals surface area contributed by atoms with Crippen molar-refractivity contribution < 1.29 is 4.74 Å². The Bertz CT molecular complexity index is 447. The Hall–Kier alpha value is -0.780. The van der Waals surface area contributed by atoms with E-state index in [2.05, 4.69) is 20.9 Å². The average Bonchev–Trinajstić information content (AvgIpc) is 2.38. The zero-order chi connectivity index (χ0) is 13.0. The standard InChI is InChI=1S/C12H15BrClN3O/c13-10-2-1-9(11(14)7-10)8-16-12(15)17-3-5-18-6-4-17/h1-2,7H,3-6,8H2,(H2,15,16). The SMILES string of the molecule is NC(=NCc1ccc(Br)cc1Cl)N1CCOCC1. The smallest absolute Gasteiger partial charge is 0.191 e. The molecule has 18 heavy (non-hydrogen) atoms. The van der Waals surface area contributed by atoms with Crippen molar-refractivity contribution in [3.05, 3.63) is 33.3 Å². The third-order valence-electron chi connectivity index (χ3n) is 2.76. The van der Waals surface area contributed by atoms with Crippen molar-refractivity contribution in [1.29, 1.82) is 0 Å². The third-order valence-corrected chi connectivity index (χ3v) is 3.61. The number of ether oxygens (including phenoxy) is 1. The van der Waals surface area contributed by atoms with Crippen LogP contribution >= 0.6 is 27.5 Å². The fourth-order valence-electron chi connectivity index (χ4n) is 1.71. The van der Waals surface area contributed by atoms with Crippen LogP contribution in [-0.4, -0.2) is 37.2 Å². The molecule has 1 aromatic carbocycles. The van der Waals surface area contributed by atoms with Gasteiger partial charge >= 0.3 is 0 Å². The van der Waals surface area contributed by atoms with Crippen molar-refractivity contribution in [3.8, 4) is 0 Å². The molecule has 1 aromatic rings. The van der Waals surface area contributed by atoms with Crippen molar-refractivity contribution in [2.45, 2.75) is 6.54 Å². The summed E-state index contributed by atoms with van der Waals surface area (Å²) in [6.45, 7) is 3.49. The monoisotopic (exact) mass is 331 g/mol. The van der Waals surface area contributed by atoms with Gasteiger partial charge in [-0.15, -0.1) is 0 Å². The van der Waals surface area contributed by atoms with Gasteiger partial charge in [-0.2, -0.15) is 0 Å². The largest absolute Gasteiger partial charge is 0.378 e. The lowest BCUT2D eigenvalue weighted by molar-refractivity contribution is 0.0674. The number of hydrogen-bond donors (Lipinski definition) is 1. The van der Waals surface area contributed by atoms with Gasteiger partial charge in [-0.3, -0.25) is 0 Å². The molecule has 0 bridgehead atoms. The van der Waals surface area contributed by atoms with E-state index in [9.17, 15) is 0 Å². The van der Waals surface area contributed by atoms with E-state index in [1.165, 1.54) is 0 Å². The van der Waals surface area contributed by atoms with Gasteiger partial charge in [0, 0.05) is 22.6 Å². The maximum Gasteiger partial charge on any atom is 0.191 e. The quantitative estimate of drug-likeness (QED) is 0.667. The van der Waals surface area contributed by atoms with Crippen LogP contribution in [0.5, 0.6) is 0 Å². The predicted molar refractivity (Wildman–Crippen MR) is 76.9 cm³/mol. The molecule has 0 saturated carbocycles. The van der Waals surface area contributed by atoms with Gasteiger partial charge in [0.25, 0.3) is 0 Å². The minimum absolute atomic E-state index is 0.495. The van der Waals surface area contributed by atoms with Crippen LogP contribution in [0.3, 0.4) is 0 Å². The van der Waals surface area contributed by atoms with Crippen molar-refractivity contribution in [3.63, 3.8) is 0 Å². The Labute approximate surface area is 120 Å². The van der Waals surface area contributed by atoms with Crippen LogP contribution in [-0.2, 0) is 11.3 Å². The van der Waals surface area contributed by atoms with Gasteiger partial charge in [0.05, 0.1) is 19.8 Å². The normalized spacial score (nSPS) is 17.0. The number of rotatable bonds is 2. The Morgan fingerprint density at radius 2 is 2.17 bits per heavy atom. The van der Waals surface area contributed by atoms with E-state index in [0.717, 1.165) is 23.1 Å². The first kappa shape index (κ1) is 13.6. The summed E-state index contributed by atoms with van der Waals surface area (Å²) in [5.41, 5.74) is 6.91. The van der Waals surface area contributed by atoms with Crippen LogP contribution < -0.4 is 5.73 Å². The highest BCUT2D eigenvalue weighted by Gasteiger charge is 2.12. The first-order valence-corrected chi connectivity index (χ1v) is 6.90. The highest BCUT2D eigenvalue weighted by molar-refractivity contribution is 9.10. The predicted octanol–water partition coefficient (Wildman–Crippen LogP) is 2.25. The number of halogens is 2. The number of morpholine rings is 1. The molecule has 1 heterocycles. The maximum absolute atomic E-state index is 6.13. The molecule has 1 saturated heterocycles. The lowest BCUT2D eigenvalue weighted by atomic mass is 10.2. The Morgan fingerprint density at radius 3 is 2.83 bits per heavy atom. The van der Waals surface area contributed by atoms with Crippen molar-refractivity contribution in [2.75, 3.05) is 26.3 Å². The van der Waals surface area contributed by atoms with E-state index >= 15 is 0 Å². The fourth-order valence-corrected chi connectivity index (χ4v) is 2.44. The van der Waals surface area contributed by atoms with Crippen LogP contribution in [0.2, 0.25) is 5.02 Å². The fraction of sp³-hybridized carbons (Fsp3) is 0.417. The van der Waals surface area contributed by atoms with E-state index < -0.39 is 0 Å². The number of hydrogen-bond acceptors (Lipinski definition) is 2. The summed E-state index contributed by atoms with van der Waals surface area (Å²) in [6, 6.07) is 5.75. The van der Waals surface area contributed by atoms with Crippen LogP contribution in [0.15, 0.2) is 27.7 Å². The van der Waals surface area contributed by atoms with Gasteiger partial charge in [-0.1, -0.05) is 33.6 Å². The van der Waals surface area contributed by atoms with Crippen LogP contribution in [0, 0.1) is 0 Å². The van der Waals surface area contributed by atoms with Gasteiger partial charge in [-0.25, -0.2) is 4.99 Å². The van der Waals surface area contributed by atoms with E-state index in [-0.39, 0.29) is 0 Å². The molecule has 0 spiro atoms. The molecule has 0 atom stereocenters. The summed E-state index contributed by atoms with van der Waals surface area (Å²) in [5, 5.41) is 0.697. The molecule has 2 rings (SSSR count). The lowest BCUT2D eigenvalue weighted by Crippen LogP contribution is -2.44. The zero-order valence-corrected chi connectivity index (χ0v) is 12.2. The molecular formula is C12H15BrClN3O. The van der Waals surface area contributed by atoms with Gasteiger partial charge in [0.15, 0.2) is 5.96 Å². The van der Waals surface area contributed by atoms with E-state index in [1.54, 1.807) is 0 Å². The highest BCUT2D eigenvalue weighted by atomic mass is 79.9. The van der Waals surface area contributed by atoms with Gasteiger partial charge in [0.1, 0.15) is 0 Å². The minimum atomic E-state index is 0.495. The van der Waals surface area contributed by atoms with E-state index in [1.807, 2.05) is 23.1 Å². The van der Waals surface area contributed by atoms with Gasteiger partial charge in [-0.05, 0) is 17.7 Å². The van der Waals surface area contributed by atoms with Crippen LogP contribution in [0.25, 0.3) is 0 Å². The summed E-state index contributed by atoms with van der Waals surface area (Å²) in [4.78, 5) is 6.40. The van der Waals surface area contributed by atoms with Crippen LogP contribution in [0.4, 0.5) is 0 Å². The topological polar surface area (TPSA) is 50.8 Å². The molecule has 0 aliphatic carbocycles. The molecule has 1 aliphatic rings. The Kier molecular flexibility index (Phi) is 4.86. The van der Waals surface area contributed by atoms with Gasteiger partial charge < -0.3 is 15.4 Å². The molecule has 4 nitrogen and oxygen atoms in total. The highest BCUT2D eigenvalue weighted by Crippen LogP contribution is 2.21. The second kappa shape index (κ2) is 6.41. The Balaban J connectivity index is 2.00. The second-order valence-corrected chi connectivity index (χ2v) is 5.33. The summed E-state index contributed by atoms with van der Waals surface area (Å²) >= 11 is 9.50. The van der Waals surface area contributed by atoms with Crippen molar-refractivity contribution >= 4 is 33.5 Å². The first-order chi connectivity index (χ1) is 8.66. The molecule has 2 N–H and O–H groups in total. The second-order valence-electron chi connectivity index (χ2n) is 4.01. The molecule has 0 radical (unpaired) electrons. The molecule has 98 valence electrons. The molecule has 6 heteroatoms. The molecule has 0 aromatic heterocycles. The first-order valence-electron chi connectivity index (χ1n) is 5.73. The maximum atomic E-state index is 6.13. The number of aliphatic imine (C=N–C) groups is 1. The molecule has 0 unspecified atom stereocenters. The number of benzene rings is 1. The number of guanidine groups is 1. The minimum Gasteiger partial charge on any atom is -0.378 e. The van der Waals surface area contributed by atoms with Crippen molar-refractivity contribution in [1.82, 2.24) is 4.90 Å². The third kappa shape index (κ3) is 3.60. The zero-order valence-electron chi connectivity index (χ0n) is 9.90. The average molecular weight is 333 g/mol. The van der Waals surface area contributed by atoms with E-state index in [4.69, 9.17) is 22.1 Å². The number of nitrogens with zero attached hydrogens (tertiary/aromatic N) is 2. The number of nitrogens with two attached hydrogens (primary N) is 1. The summed E-state index contributed by atoms with van der Waals surface area (Å²) < 4.78 is 6.23. The van der Waals surface area contributed by atoms with E-state index in [0.29, 0.717) is 30.7 Å². The molecule has 0 amide bonds. The van der Waals surface area contributed by atoms with Crippen LogP contribution in [0.1, 0.15) is 5.56 Å². The summed E-state index contributed by atoms with van der Waals surface area (Å²) in [7, 11) is 0. The molecular weight excluding hydrogens is 318 g/mol. The van der Waals surface area contributed by atoms with Gasteiger partial charge in [0.2, 0.25) is 0 Å². The Morgan fingerprint density at radius 1 is 1.44 bits per heavy atom. The molecule has 1 fully saturated rings. The molecule has 1 aliphatic heterocycles. The lowest BCUT2D eigenvalue weighted by Gasteiger charge is -2.27.